The highest BCUT2D eigenvalue weighted by Gasteiger charge is 2.19. The normalized spacial score (nSPS) is 10.7. The molecule has 0 aliphatic carbocycles. The molecule has 1 N–H and O–H groups in total. The van der Waals surface area contributed by atoms with Gasteiger partial charge < -0.3 is 15.0 Å². The largest absolute Gasteiger partial charge is 0.487 e. The van der Waals surface area contributed by atoms with Crippen LogP contribution in [0.4, 0.5) is 11.4 Å². The lowest BCUT2D eigenvalue weighted by Gasteiger charge is -2.21. The lowest BCUT2D eigenvalue weighted by atomic mass is 10.1. The van der Waals surface area contributed by atoms with Gasteiger partial charge in [0, 0.05) is 46.9 Å². The standard InChI is InChI=1S/C29H24Cl2N4O5.ClH/c1-18-6-10-20-4-3-5-25(29(20)33-18)40-17-22-23(30)13-14-24(28(22)31)34(2)27(37)16-32-26(36)15-9-19-7-11-21(12-8-19)35(38)39;/h3-15H,16-17H2,1-2H3,(H,32,36);1H. The number of amides is 2. The third-order valence-electron chi connectivity index (χ3n) is 6.04. The van der Waals surface area contributed by atoms with Gasteiger partial charge in [0.25, 0.3) is 5.69 Å². The molecule has 0 spiro atoms. The first-order valence-electron chi connectivity index (χ1n) is 12.1. The van der Waals surface area contributed by atoms with E-state index < -0.39 is 16.7 Å². The summed E-state index contributed by atoms with van der Waals surface area (Å²) in [7, 11) is 1.54. The van der Waals surface area contributed by atoms with Gasteiger partial charge in [0.1, 0.15) is 17.9 Å². The lowest BCUT2D eigenvalue weighted by molar-refractivity contribution is -0.384. The van der Waals surface area contributed by atoms with E-state index in [4.69, 9.17) is 27.9 Å². The number of benzene rings is 3. The molecule has 0 bridgehead atoms. The van der Waals surface area contributed by atoms with Crippen molar-refractivity contribution in [3.63, 3.8) is 0 Å². The van der Waals surface area contributed by atoms with Gasteiger partial charge in [-0.25, -0.2) is 4.98 Å². The van der Waals surface area contributed by atoms with Crippen molar-refractivity contribution in [2.75, 3.05) is 18.5 Å². The number of aromatic nitrogens is 1. The number of fused-ring (bicyclic) bond motifs is 1. The zero-order valence-corrected chi connectivity index (χ0v) is 24.3. The molecule has 0 saturated heterocycles. The van der Waals surface area contributed by atoms with Crippen molar-refractivity contribution >= 4 is 75.8 Å². The Bertz CT molecular complexity index is 1630. The number of rotatable bonds is 9. The number of hydrogen-bond acceptors (Lipinski definition) is 6. The molecule has 0 atom stereocenters. The Labute approximate surface area is 252 Å². The van der Waals surface area contributed by atoms with Crippen molar-refractivity contribution in [2.45, 2.75) is 13.5 Å². The van der Waals surface area contributed by atoms with Crippen LogP contribution in [0, 0.1) is 17.0 Å². The van der Waals surface area contributed by atoms with Crippen LogP contribution in [0.1, 0.15) is 16.8 Å². The lowest BCUT2D eigenvalue weighted by Crippen LogP contribution is -2.37. The first kappa shape index (κ1) is 31.3. The monoisotopic (exact) mass is 614 g/mol. The van der Waals surface area contributed by atoms with Gasteiger partial charge in [-0.1, -0.05) is 41.4 Å². The molecule has 212 valence electrons. The summed E-state index contributed by atoms with van der Waals surface area (Å²) in [5.41, 5.74) is 3.03. The van der Waals surface area contributed by atoms with Gasteiger partial charge in [-0.05, 0) is 55.0 Å². The molecular weight excluding hydrogens is 591 g/mol. The average molecular weight is 616 g/mol. The zero-order valence-electron chi connectivity index (χ0n) is 22.0. The summed E-state index contributed by atoms with van der Waals surface area (Å²) < 4.78 is 6.04. The first-order chi connectivity index (χ1) is 19.1. The van der Waals surface area contributed by atoms with E-state index in [-0.39, 0.29) is 36.3 Å². The van der Waals surface area contributed by atoms with Gasteiger partial charge in [0.2, 0.25) is 11.8 Å². The Morgan fingerprint density at radius 3 is 2.51 bits per heavy atom. The molecule has 0 fully saturated rings. The minimum absolute atomic E-state index is 0. The van der Waals surface area contributed by atoms with Gasteiger partial charge in [-0.3, -0.25) is 19.7 Å². The number of para-hydroxylation sites is 1. The number of halogens is 3. The van der Waals surface area contributed by atoms with E-state index >= 15 is 0 Å². The third-order valence-corrected chi connectivity index (χ3v) is 6.82. The fraction of sp³-hybridized carbons (Fsp3) is 0.138. The highest BCUT2D eigenvalue weighted by molar-refractivity contribution is 6.38. The summed E-state index contributed by atoms with van der Waals surface area (Å²) in [5, 5.41) is 14.8. The number of ether oxygens (including phenoxy) is 1. The highest BCUT2D eigenvalue weighted by Crippen LogP contribution is 2.35. The van der Waals surface area contributed by atoms with Gasteiger partial charge in [-0.15, -0.1) is 12.4 Å². The summed E-state index contributed by atoms with van der Waals surface area (Å²) in [6.45, 7) is 1.66. The molecule has 0 unspecified atom stereocenters. The van der Waals surface area contributed by atoms with E-state index in [1.54, 1.807) is 19.2 Å². The number of nitro benzene ring substituents is 1. The quantitative estimate of drug-likeness (QED) is 0.130. The number of nitro groups is 1. The molecule has 0 aliphatic heterocycles. The van der Waals surface area contributed by atoms with Crippen LogP contribution in [-0.4, -0.2) is 35.3 Å². The molecule has 1 aromatic heterocycles. The zero-order chi connectivity index (χ0) is 28.8. The maximum atomic E-state index is 12.8. The predicted molar refractivity (Wildman–Crippen MR) is 163 cm³/mol. The predicted octanol–water partition coefficient (Wildman–Crippen LogP) is 6.55. The summed E-state index contributed by atoms with van der Waals surface area (Å²) in [5.74, 6) is -0.343. The number of pyridine rings is 1. The Balaban J connectivity index is 0.00000462. The van der Waals surface area contributed by atoms with Crippen LogP contribution in [0.3, 0.4) is 0 Å². The molecule has 0 saturated carbocycles. The van der Waals surface area contributed by atoms with Crippen LogP contribution in [0.15, 0.2) is 72.8 Å². The maximum absolute atomic E-state index is 12.8. The number of carbonyl (C=O) groups is 2. The Hall–Kier alpha value is -4.18. The van der Waals surface area contributed by atoms with E-state index in [0.717, 1.165) is 16.6 Å². The second-order valence-corrected chi connectivity index (χ2v) is 9.57. The van der Waals surface area contributed by atoms with Crippen LogP contribution >= 0.6 is 35.6 Å². The number of anilines is 1. The van der Waals surface area contributed by atoms with Crippen LogP contribution in [-0.2, 0) is 16.2 Å². The van der Waals surface area contributed by atoms with Crippen LogP contribution in [0.25, 0.3) is 17.0 Å². The summed E-state index contributed by atoms with van der Waals surface area (Å²) in [6.07, 6.45) is 2.73. The molecule has 41 heavy (non-hydrogen) atoms. The Morgan fingerprint density at radius 2 is 1.80 bits per heavy atom. The van der Waals surface area contributed by atoms with Crippen LogP contribution in [0.5, 0.6) is 5.75 Å². The molecule has 3 aromatic carbocycles. The highest BCUT2D eigenvalue weighted by atomic mass is 35.5. The SMILES string of the molecule is Cc1ccc2cccc(OCc3c(Cl)ccc(N(C)C(=O)CNC(=O)C=Cc4ccc([N+](=O)[O-])cc4)c3Cl)c2n1.Cl. The molecule has 2 amide bonds. The first-order valence-corrected chi connectivity index (χ1v) is 12.8. The van der Waals surface area contributed by atoms with E-state index in [2.05, 4.69) is 10.3 Å². The molecule has 0 radical (unpaired) electrons. The van der Waals surface area contributed by atoms with Gasteiger partial charge in [0.15, 0.2) is 0 Å². The second kappa shape index (κ2) is 13.9. The minimum atomic E-state index is -0.505. The summed E-state index contributed by atoms with van der Waals surface area (Å²) >= 11 is 13.1. The van der Waals surface area contributed by atoms with Crippen molar-refractivity contribution in [3.8, 4) is 5.75 Å². The van der Waals surface area contributed by atoms with Crippen molar-refractivity contribution in [2.24, 2.45) is 0 Å². The minimum Gasteiger partial charge on any atom is -0.487 e. The van der Waals surface area contributed by atoms with Gasteiger partial charge in [0.05, 0.1) is 22.2 Å². The number of nitrogens with one attached hydrogen (secondary N) is 1. The third kappa shape index (κ3) is 7.73. The van der Waals surface area contributed by atoms with Crippen LogP contribution in [0.2, 0.25) is 10.0 Å². The number of nitrogens with zero attached hydrogens (tertiary/aromatic N) is 3. The molecule has 4 aromatic rings. The van der Waals surface area contributed by atoms with Crippen molar-refractivity contribution in [3.05, 3.63) is 110 Å². The fourth-order valence-corrected chi connectivity index (χ4v) is 4.42. The number of non-ortho nitro benzene ring substituents is 1. The second-order valence-electron chi connectivity index (χ2n) is 8.78. The molecule has 12 heteroatoms. The molecule has 4 rings (SSSR count). The number of aryl methyl sites for hydroxylation is 1. The smallest absolute Gasteiger partial charge is 0.269 e. The molecule has 1 heterocycles. The maximum Gasteiger partial charge on any atom is 0.269 e. The Kier molecular flexibility index (Phi) is 10.7. The van der Waals surface area contributed by atoms with Gasteiger partial charge in [-0.2, -0.15) is 0 Å². The fourth-order valence-electron chi connectivity index (χ4n) is 3.81. The summed E-state index contributed by atoms with van der Waals surface area (Å²) in [4.78, 5) is 41.2. The number of likely N-dealkylation sites (N-methyl/N-ethyl adjacent to an activating group) is 1. The molecule has 0 aliphatic rings. The van der Waals surface area contributed by atoms with Gasteiger partial charge >= 0.3 is 0 Å². The van der Waals surface area contributed by atoms with E-state index in [1.807, 2.05) is 37.3 Å². The van der Waals surface area contributed by atoms with Crippen molar-refractivity contribution < 1.29 is 19.2 Å². The van der Waals surface area contributed by atoms with E-state index in [0.29, 0.717) is 27.6 Å². The number of carbonyl (C=O) groups excluding carboxylic acids is 2. The number of hydrogen-bond donors (Lipinski definition) is 1. The Morgan fingerprint density at radius 1 is 1.07 bits per heavy atom. The molecule has 9 nitrogen and oxygen atoms in total. The van der Waals surface area contributed by atoms with Crippen molar-refractivity contribution in [1.29, 1.82) is 0 Å². The van der Waals surface area contributed by atoms with E-state index in [9.17, 15) is 19.7 Å². The van der Waals surface area contributed by atoms with Crippen molar-refractivity contribution in [1.82, 2.24) is 10.3 Å². The van der Waals surface area contributed by atoms with E-state index in [1.165, 1.54) is 41.3 Å². The summed E-state index contributed by atoms with van der Waals surface area (Å²) in [6, 6.07) is 18.5. The average Bonchev–Trinajstić information content (AvgIpc) is 2.94. The van der Waals surface area contributed by atoms with Crippen LogP contribution < -0.4 is 15.0 Å². The topological polar surface area (TPSA) is 115 Å². The molecular formula is C29H25Cl3N4O5.